The number of nitrogens with one attached hydrogen (secondary N) is 1. The number of likely N-dealkylation sites (tertiary alicyclic amines) is 1. The van der Waals surface area contributed by atoms with Gasteiger partial charge in [-0.3, -0.25) is 4.79 Å². The lowest BCUT2D eigenvalue weighted by Crippen LogP contribution is -2.55. The molecule has 0 radical (unpaired) electrons. The first-order valence-electron chi connectivity index (χ1n) is 10.5. The van der Waals surface area contributed by atoms with Gasteiger partial charge in [0.25, 0.3) is 5.91 Å². The van der Waals surface area contributed by atoms with Crippen LogP contribution >= 0.6 is 12.2 Å². The lowest BCUT2D eigenvalue weighted by atomic mass is 9.95. The Morgan fingerprint density at radius 3 is 2.41 bits per heavy atom. The van der Waals surface area contributed by atoms with Crippen LogP contribution in [0.15, 0.2) is 54.6 Å². The molecule has 0 bridgehead atoms. The van der Waals surface area contributed by atoms with Crippen molar-refractivity contribution in [1.82, 2.24) is 10.2 Å². The molecule has 0 saturated carbocycles. The molecule has 29 heavy (non-hydrogen) atoms. The van der Waals surface area contributed by atoms with Gasteiger partial charge in [0.05, 0.1) is 0 Å². The van der Waals surface area contributed by atoms with Gasteiger partial charge in [-0.25, -0.2) is 4.39 Å². The van der Waals surface area contributed by atoms with Crippen molar-refractivity contribution in [3.8, 4) is 0 Å². The highest BCUT2D eigenvalue weighted by molar-refractivity contribution is 7.82. The number of rotatable bonds is 9. The van der Waals surface area contributed by atoms with Crippen molar-refractivity contribution in [2.45, 2.75) is 51.0 Å². The third kappa shape index (κ3) is 6.64. The van der Waals surface area contributed by atoms with Gasteiger partial charge in [-0.05, 0) is 55.4 Å². The third-order valence-corrected chi connectivity index (χ3v) is 5.92. The maximum Gasteiger partial charge on any atom is 0.278 e. The molecule has 1 N–H and O–H groups in total. The second kappa shape index (κ2) is 11.1. The maximum absolute atomic E-state index is 12.9. The van der Waals surface area contributed by atoms with Crippen molar-refractivity contribution in [3.63, 3.8) is 0 Å². The Hall–Kier alpha value is -2.27. The van der Waals surface area contributed by atoms with Crippen molar-refractivity contribution in [2.75, 3.05) is 13.1 Å². The predicted octanol–water partition coefficient (Wildman–Crippen LogP) is 4.69. The number of carbonyl (C=O) groups excluding carboxylic acids is 1. The fourth-order valence-electron chi connectivity index (χ4n) is 3.67. The first kappa shape index (κ1) is 21.4. The van der Waals surface area contributed by atoms with E-state index in [1.807, 2.05) is 30.3 Å². The van der Waals surface area contributed by atoms with Crippen LogP contribution < -0.4 is 5.32 Å². The minimum atomic E-state index is -0.188. The van der Waals surface area contributed by atoms with Gasteiger partial charge in [0.15, 0.2) is 4.99 Å². The van der Waals surface area contributed by atoms with Gasteiger partial charge < -0.3 is 10.2 Å². The molecule has 154 valence electrons. The van der Waals surface area contributed by atoms with Gasteiger partial charge in [-0.1, -0.05) is 67.5 Å². The summed E-state index contributed by atoms with van der Waals surface area (Å²) < 4.78 is 12.9. The van der Waals surface area contributed by atoms with Crippen LogP contribution in [0.2, 0.25) is 0 Å². The van der Waals surface area contributed by atoms with E-state index in [4.69, 9.17) is 12.2 Å². The van der Waals surface area contributed by atoms with E-state index in [-0.39, 0.29) is 11.7 Å². The topological polar surface area (TPSA) is 32.3 Å². The summed E-state index contributed by atoms with van der Waals surface area (Å²) in [6.07, 6.45) is 7.17. The van der Waals surface area contributed by atoms with Gasteiger partial charge in [0, 0.05) is 19.1 Å². The minimum Gasteiger partial charge on any atom is -0.355 e. The van der Waals surface area contributed by atoms with E-state index < -0.39 is 0 Å². The summed E-state index contributed by atoms with van der Waals surface area (Å²) in [5, 5.41) is 2.97. The number of aryl methyl sites for hydroxylation is 1. The molecule has 0 aromatic heterocycles. The number of hydrogen-bond donors (Lipinski definition) is 1. The van der Waals surface area contributed by atoms with Gasteiger partial charge in [0.2, 0.25) is 0 Å². The first-order chi connectivity index (χ1) is 14.1. The molecule has 2 aromatic rings. The summed E-state index contributed by atoms with van der Waals surface area (Å²) in [6.45, 7) is 1.53. The van der Waals surface area contributed by atoms with E-state index in [0.29, 0.717) is 17.6 Å². The van der Waals surface area contributed by atoms with E-state index in [1.165, 1.54) is 23.3 Å². The maximum atomic E-state index is 12.9. The number of benzene rings is 2. The van der Waals surface area contributed by atoms with E-state index in [0.717, 1.165) is 51.5 Å². The number of hydrogen-bond acceptors (Lipinski definition) is 2. The molecule has 1 aliphatic rings. The Labute approximate surface area is 178 Å². The molecule has 2 aromatic carbocycles. The van der Waals surface area contributed by atoms with E-state index >= 15 is 0 Å². The number of nitrogens with zero attached hydrogens (tertiary/aromatic N) is 1. The summed E-state index contributed by atoms with van der Waals surface area (Å²) >= 11 is 5.41. The molecule has 1 fully saturated rings. The Bertz CT molecular complexity index is 794. The zero-order valence-electron chi connectivity index (χ0n) is 16.8. The van der Waals surface area contributed by atoms with Crippen LogP contribution in [0.5, 0.6) is 0 Å². The van der Waals surface area contributed by atoms with Crippen molar-refractivity contribution >= 4 is 23.1 Å². The fraction of sp³-hybridized carbons (Fsp3) is 0.417. The average molecular weight is 413 g/mol. The fourth-order valence-corrected chi connectivity index (χ4v) is 3.99. The molecule has 1 saturated heterocycles. The normalized spacial score (nSPS) is 15.6. The van der Waals surface area contributed by atoms with Crippen LogP contribution in [-0.4, -0.2) is 34.9 Å². The Balaban J connectivity index is 1.27. The second-order valence-electron chi connectivity index (χ2n) is 7.68. The van der Waals surface area contributed by atoms with Crippen LogP contribution in [0.3, 0.4) is 0 Å². The molecular formula is C24H29FN2OS. The molecule has 1 heterocycles. The van der Waals surface area contributed by atoms with E-state index in [1.54, 1.807) is 0 Å². The molecule has 0 aliphatic carbocycles. The van der Waals surface area contributed by atoms with Gasteiger partial charge in [0.1, 0.15) is 5.82 Å². The van der Waals surface area contributed by atoms with Crippen molar-refractivity contribution in [2.24, 2.45) is 0 Å². The Morgan fingerprint density at radius 2 is 1.72 bits per heavy atom. The highest BCUT2D eigenvalue weighted by Crippen LogP contribution is 2.22. The van der Waals surface area contributed by atoms with Crippen LogP contribution in [0.1, 0.15) is 43.2 Å². The zero-order valence-corrected chi connectivity index (χ0v) is 17.6. The third-order valence-electron chi connectivity index (χ3n) is 5.50. The molecule has 3 rings (SSSR count). The summed E-state index contributed by atoms with van der Waals surface area (Å²) in [6, 6.07) is 17.4. The van der Waals surface area contributed by atoms with E-state index in [9.17, 15) is 9.18 Å². The van der Waals surface area contributed by atoms with Crippen LogP contribution in [0.25, 0.3) is 0 Å². The lowest BCUT2D eigenvalue weighted by molar-refractivity contribution is -0.115. The number of carbonyl (C=O) groups is 1. The lowest BCUT2D eigenvalue weighted by Gasteiger charge is -2.42. The molecule has 1 aliphatic heterocycles. The molecule has 1 atom stereocenters. The number of halogens is 1. The van der Waals surface area contributed by atoms with Gasteiger partial charge in [-0.15, -0.1) is 0 Å². The smallest absolute Gasteiger partial charge is 0.278 e. The molecule has 0 spiro atoms. The van der Waals surface area contributed by atoms with Gasteiger partial charge in [-0.2, -0.15) is 0 Å². The quantitative estimate of drug-likeness (QED) is 0.479. The van der Waals surface area contributed by atoms with Crippen molar-refractivity contribution in [3.05, 3.63) is 71.5 Å². The molecular weight excluding hydrogens is 383 g/mol. The van der Waals surface area contributed by atoms with Gasteiger partial charge >= 0.3 is 0 Å². The number of thiocarbonyl (C=S) groups is 1. The second-order valence-corrected chi connectivity index (χ2v) is 8.06. The van der Waals surface area contributed by atoms with Crippen LogP contribution in [0.4, 0.5) is 4.39 Å². The molecule has 1 amide bonds. The Morgan fingerprint density at radius 1 is 1.00 bits per heavy atom. The zero-order chi connectivity index (χ0) is 20.5. The number of amides is 1. The highest BCUT2D eigenvalue weighted by Gasteiger charge is 2.32. The summed E-state index contributed by atoms with van der Waals surface area (Å²) in [5.74, 6) is -0.309. The summed E-state index contributed by atoms with van der Waals surface area (Å²) in [4.78, 5) is 14.8. The minimum absolute atomic E-state index is 0.121. The molecule has 3 nitrogen and oxygen atoms in total. The summed E-state index contributed by atoms with van der Waals surface area (Å²) in [7, 11) is 0. The first-order valence-corrected chi connectivity index (χ1v) is 10.9. The largest absolute Gasteiger partial charge is 0.355 e. The van der Waals surface area contributed by atoms with E-state index in [2.05, 4.69) is 22.3 Å². The average Bonchev–Trinajstić information content (AvgIpc) is 2.72. The number of unbranched alkanes of at least 4 members (excludes halogenated alkanes) is 3. The van der Waals surface area contributed by atoms with Crippen molar-refractivity contribution in [1.29, 1.82) is 0 Å². The predicted molar refractivity (Wildman–Crippen MR) is 119 cm³/mol. The highest BCUT2D eigenvalue weighted by atomic mass is 32.1. The van der Waals surface area contributed by atoms with Crippen molar-refractivity contribution < 1.29 is 9.18 Å². The SMILES string of the molecule is O=C(NCCCCCCc1ccc(F)cc1)C(=S)N1CCC1Cc1ccccc1. The standard InChI is InChI=1S/C24H29FN2OS/c25-21-13-11-19(12-14-21)8-4-1-2-7-16-26-23(28)24(29)27-17-15-22(27)18-20-9-5-3-6-10-20/h3,5-6,9-14,22H,1-2,4,7-8,15-18H2,(H,26,28). The van der Waals surface area contributed by atoms with Crippen LogP contribution in [-0.2, 0) is 17.6 Å². The van der Waals surface area contributed by atoms with Crippen LogP contribution in [0, 0.1) is 5.82 Å². The Kier molecular flexibility index (Phi) is 8.17. The molecule has 1 unspecified atom stereocenters. The molecule has 5 heteroatoms. The summed E-state index contributed by atoms with van der Waals surface area (Å²) in [5.41, 5.74) is 2.45. The monoisotopic (exact) mass is 412 g/mol.